The number of aromatic nitrogens is 5. The summed E-state index contributed by atoms with van der Waals surface area (Å²) in [7, 11) is 0. The van der Waals surface area contributed by atoms with Crippen LogP contribution in [-0.4, -0.2) is 25.2 Å². The molecular weight excluding hydrogens is 262 g/mol. The summed E-state index contributed by atoms with van der Waals surface area (Å²) in [6, 6.07) is 18.0. The Morgan fingerprint density at radius 3 is 2.67 bits per heavy atom. The largest absolute Gasteiger partial charge is 0.361 e. The van der Waals surface area contributed by atoms with E-state index in [0.717, 1.165) is 11.2 Å². The highest BCUT2D eigenvalue weighted by Gasteiger charge is 2.09. The number of hydrogen-bond donors (Lipinski definition) is 1. The summed E-state index contributed by atoms with van der Waals surface area (Å²) >= 11 is 0. The molecule has 1 N–H and O–H groups in total. The molecule has 0 radical (unpaired) electrons. The Hall–Kier alpha value is -2.95. The van der Waals surface area contributed by atoms with Crippen LogP contribution in [0.25, 0.3) is 16.6 Å². The molecule has 0 aliphatic rings. The fourth-order valence-corrected chi connectivity index (χ4v) is 2.43. The van der Waals surface area contributed by atoms with Gasteiger partial charge in [0.1, 0.15) is 0 Å². The minimum absolute atomic E-state index is 0.664. The van der Waals surface area contributed by atoms with Gasteiger partial charge in [-0.2, -0.15) is 0 Å². The first-order chi connectivity index (χ1) is 10.4. The third kappa shape index (κ3) is 2.18. The molecule has 4 rings (SSSR count). The first kappa shape index (κ1) is 11.8. The van der Waals surface area contributed by atoms with E-state index in [-0.39, 0.29) is 0 Å². The lowest BCUT2D eigenvalue weighted by molar-refractivity contribution is 0.718. The van der Waals surface area contributed by atoms with Crippen molar-refractivity contribution in [3.63, 3.8) is 0 Å². The van der Waals surface area contributed by atoms with E-state index in [1.165, 1.54) is 10.9 Å². The summed E-state index contributed by atoms with van der Waals surface area (Å²) in [5.41, 5.74) is 3.22. The van der Waals surface area contributed by atoms with Crippen LogP contribution in [0.5, 0.6) is 0 Å². The minimum Gasteiger partial charge on any atom is -0.361 e. The number of hydrogen-bond acceptors (Lipinski definition) is 3. The minimum atomic E-state index is 0.664. The molecule has 0 amide bonds. The van der Waals surface area contributed by atoms with Gasteiger partial charge < -0.3 is 4.98 Å². The van der Waals surface area contributed by atoms with Crippen molar-refractivity contribution in [1.29, 1.82) is 0 Å². The molecule has 21 heavy (non-hydrogen) atoms. The van der Waals surface area contributed by atoms with Crippen molar-refractivity contribution in [2.45, 2.75) is 6.42 Å². The van der Waals surface area contributed by atoms with Gasteiger partial charge in [0.15, 0.2) is 5.82 Å². The summed E-state index contributed by atoms with van der Waals surface area (Å²) in [5, 5.41) is 13.9. The Morgan fingerprint density at radius 1 is 0.952 bits per heavy atom. The maximum absolute atomic E-state index is 4.44. The molecule has 0 bridgehead atoms. The quantitative estimate of drug-likeness (QED) is 0.625. The third-order valence-electron chi connectivity index (χ3n) is 3.47. The van der Waals surface area contributed by atoms with E-state index in [4.69, 9.17) is 0 Å². The van der Waals surface area contributed by atoms with Crippen LogP contribution in [0.15, 0.2) is 60.8 Å². The van der Waals surface area contributed by atoms with E-state index in [0.29, 0.717) is 12.2 Å². The van der Waals surface area contributed by atoms with E-state index in [9.17, 15) is 0 Å². The molecule has 5 heteroatoms. The van der Waals surface area contributed by atoms with Crippen molar-refractivity contribution in [3.8, 4) is 5.69 Å². The van der Waals surface area contributed by atoms with Crippen LogP contribution in [0.3, 0.4) is 0 Å². The topological polar surface area (TPSA) is 59.4 Å². The number of H-pyrrole nitrogens is 1. The summed E-state index contributed by atoms with van der Waals surface area (Å²) in [5.74, 6) is 0.712. The van der Waals surface area contributed by atoms with Gasteiger partial charge >= 0.3 is 0 Å². The average Bonchev–Trinajstić information content (AvgIpc) is 3.17. The molecule has 0 saturated heterocycles. The highest BCUT2D eigenvalue weighted by Crippen LogP contribution is 2.19. The fourth-order valence-electron chi connectivity index (χ4n) is 2.43. The predicted octanol–water partition coefficient (Wildman–Crippen LogP) is 2.73. The standard InChI is InChI=1S/C16H13N5/c1-2-6-13(7-3-1)21-19-16(18-20-21)10-12-11-17-15-9-5-4-8-14(12)15/h1-9,11,17H,10H2. The van der Waals surface area contributed by atoms with Crippen LogP contribution >= 0.6 is 0 Å². The zero-order valence-corrected chi connectivity index (χ0v) is 11.3. The Morgan fingerprint density at radius 2 is 1.76 bits per heavy atom. The second kappa shape index (κ2) is 4.86. The molecule has 0 spiro atoms. The molecule has 2 heterocycles. The highest BCUT2D eigenvalue weighted by atomic mass is 15.6. The van der Waals surface area contributed by atoms with Gasteiger partial charge in [-0.15, -0.1) is 15.0 Å². The number of aromatic amines is 1. The Bertz CT molecular complexity index is 876. The Balaban J connectivity index is 1.65. The lowest BCUT2D eigenvalue weighted by Gasteiger charge is -1.96. The van der Waals surface area contributed by atoms with Crippen LogP contribution in [0.1, 0.15) is 11.4 Å². The normalized spacial score (nSPS) is 11.0. The van der Waals surface area contributed by atoms with Gasteiger partial charge in [-0.05, 0) is 29.0 Å². The van der Waals surface area contributed by atoms with Crippen molar-refractivity contribution < 1.29 is 0 Å². The maximum atomic E-state index is 4.44. The summed E-state index contributed by atoms with van der Waals surface area (Å²) < 4.78 is 0. The monoisotopic (exact) mass is 275 g/mol. The zero-order valence-electron chi connectivity index (χ0n) is 11.3. The third-order valence-corrected chi connectivity index (χ3v) is 3.47. The number of rotatable bonds is 3. The first-order valence-electron chi connectivity index (χ1n) is 6.79. The predicted molar refractivity (Wildman–Crippen MR) is 80.3 cm³/mol. The summed E-state index contributed by atoms with van der Waals surface area (Å²) in [4.78, 5) is 4.82. The number of nitrogens with one attached hydrogen (secondary N) is 1. The second-order valence-corrected chi connectivity index (χ2v) is 4.87. The number of para-hydroxylation sites is 2. The number of tetrazole rings is 1. The van der Waals surface area contributed by atoms with E-state index in [2.05, 4.69) is 32.5 Å². The SMILES string of the molecule is c1ccc(-n2nnc(Cc3c[nH]c4ccccc34)n2)cc1. The van der Waals surface area contributed by atoms with Crippen molar-refractivity contribution >= 4 is 10.9 Å². The van der Waals surface area contributed by atoms with Gasteiger partial charge in [-0.3, -0.25) is 0 Å². The van der Waals surface area contributed by atoms with Crippen molar-refractivity contribution in [2.75, 3.05) is 0 Å². The number of benzene rings is 2. The molecule has 0 fully saturated rings. The highest BCUT2D eigenvalue weighted by molar-refractivity contribution is 5.83. The summed E-state index contributed by atoms with van der Waals surface area (Å²) in [6.45, 7) is 0. The van der Waals surface area contributed by atoms with Crippen LogP contribution in [-0.2, 0) is 6.42 Å². The Labute approximate surface area is 121 Å². The number of nitrogens with zero attached hydrogens (tertiary/aromatic N) is 4. The molecule has 0 atom stereocenters. The molecule has 102 valence electrons. The molecule has 4 aromatic rings. The van der Waals surface area contributed by atoms with Crippen LogP contribution < -0.4 is 0 Å². The lowest BCUT2D eigenvalue weighted by atomic mass is 10.1. The van der Waals surface area contributed by atoms with Crippen LogP contribution in [0.4, 0.5) is 0 Å². The Kier molecular flexibility index (Phi) is 2.74. The lowest BCUT2D eigenvalue weighted by Crippen LogP contribution is -1.99. The van der Waals surface area contributed by atoms with E-state index in [1.807, 2.05) is 48.7 Å². The average molecular weight is 275 g/mol. The maximum Gasteiger partial charge on any atom is 0.179 e. The van der Waals surface area contributed by atoms with Gasteiger partial charge in [0, 0.05) is 23.5 Å². The molecule has 0 saturated carbocycles. The smallest absolute Gasteiger partial charge is 0.179 e. The zero-order chi connectivity index (χ0) is 14.1. The molecule has 0 unspecified atom stereocenters. The van der Waals surface area contributed by atoms with E-state index in [1.54, 1.807) is 4.80 Å². The first-order valence-corrected chi connectivity index (χ1v) is 6.79. The molecule has 5 nitrogen and oxygen atoms in total. The second-order valence-electron chi connectivity index (χ2n) is 4.87. The number of fused-ring (bicyclic) bond motifs is 1. The van der Waals surface area contributed by atoms with Crippen LogP contribution in [0.2, 0.25) is 0 Å². The fraction of sp³-hybridized carbons (Fsp3) is 0.0625. The van der Waals surface area contributed by atoms with Gasteiger partial charge in [0.05, 0.1) is 5.69 Å². The van der Waals surface area contributed by atoms with Gasteiger partial charge in [0.25, 0.3) is 0 Å². The van der Waals surface area contributed by atoms with Gasteiger partial charge in [-0.25, -0.2) is 0 Å². The molecular formula is C16H13N5. The van der Waals surface area contributed by atoms with E-state index >= 15 is 0 Å². The summed E-state index contributed by atoms with van der Waals surface area (Å²) in [6.07, 6.45) is 2.67. The molecule has 2 aromatic heterocycles. The van der Waals surface area contributed by atoms with Crippen molar-refractivity contribution in [3.05, 3.63) is 72.2 Å². The molecule has 2 aromatic carbocycles. The molecule has 0 aliphatic heterocycles. The van der Waals surface area contributed by atoms with Gasteiger partial charge in [-0.1, -0.05) is 36.4 Å². The van der Waals surface area contributed by atoms with E-state index < -0.39 is 0 Å². The van der Waals surface area contributed by atoms with Gasteiger partial charge in [0.2, 0.25) is 0 Å². The van der Waals surface area contributed by atoms with Crippen molar-refractivity contribution in [2.24, 2.45) is 0 Å². The van der Waals surface area contributed by atoms with Crippen LogP contribution in [0, 0.1) is 0 Å². The van der Waals surface area contributed by atoms with Crippen molar-refractivity contribution in [1.82, 2.24) is 25.2 Å². The molecule has 0 aliphatic carbocycles.